The Hall–Kier alpha value is -3.72. The van der Waals surface area contributed by atoms with E-state index in [2.05, 4.69) is 21.1 Å². The van der Waals surface area contributed by atoms with E-state index < -0.39 is 10.8 Å². The molecule has 0 bridgehead atoms. The van der Waals surface area contributed by atoms with Gasteiger partial charge in [-0.2, -0.15) is 10.2 Å². The molecule has 9 nitrogen and oxygen atoms in total. The number of carbonyl (C=O) groups excluding carboxylic acids is 1. The summed E-state index contributed by atoms with van der Waals surface area (Å²) >= 11 is 6.06. The van der Waals surface area contributed by atoms with Gasteiger partial charge in [-0.15, -0.1) is 0 Å². The minimum absolute atomic E-state index is 0.00461. The second-order valence-electron chi connectivity index (χ2n) is 6.01. The molecule has 0 aliphatic heterocycles. The minimum Gasteiger partial charge on any atom is -0.451 e. The first-order valence-electron chi connectivity index (χ1n) is 8.43. The first kappa shape index (κ1) is 20.0. The smallest absolute Gasteiger partial charge is 0.307 e. The lowest BCUT2D eigenvalue weighted by Crippen LogP contribution is -2.21. The highest BCUT2D eigenvalue weighted by atomic mass is 35.5. The van der Waals surface area contributed by atoms with Gasteiger partial charge < -0.3 is 4.42 Å². The molecule has 0 unspecified atom stereocenters. The number of non-ortho nitro benzene ring substituents is 1. The van der Waals surface area contributed by atoms with Gasteiger partial charge in [-0.25, -0.2) is 5.43 Å². The molecule has 0 fully saturated rings. The van der Waals surface area contributed by atoms with Crippen LogP contribution in [-0.4, -0.2) is 21.7 Å². The number of nitro benzene ring substituents is 1. The summed E-state index contributed by atoms with van der Waals surface area (Å²) in [5.74, 6) is -0.342. The summed E-state index contributed by atoms with van der Waals surface area (Å²) in [7, 11) is 0. The van der Waals surface area contributed by atoms with E-state index in [1.807, 2.05) is 18.2 Å². The van der Waals surface area contributed by atoms with Crippen molar-refractivity contribution in [2.75, 3.05) is 5.43 Å². The Kier molecular flexibility index (Phi) is 5.89. The predicted molar refractivity (Wildman–Crippen MR) is 112 cm³/mol. The number of fused-ring (bicyclic) bond motifs is 1. The average Bonchev–Trinajstić information content (AvgIpc) is 3.07. The number of halogens is 1. The van der Waals surface area contributed by atoms with Crippen molar-refractivity contribution in [3.63, 3.8) is 0 Å². The maximum absolute atomic E-state index is 12.4. The van der Waals surface area contributed by atoms with Gasteiger partial charge >= 0.3 is 5.91 Å². The van der Waals surface area contributed by atoms with Gasteiger partial charge in [-0.3, -0.25) is 20.3 Å². The second-order valence-corrected chi connectivity index (χ2v) is 6.37. The zero-order valence-electron chi connectivity index (χ0n) is 15.5. The number of hydrogen-bond acceptors (Lipinski definition) is 7. The summed E-state index contributed by atoms with van der Waals surface area (Å²) in [6, 6.07) is 13.0. The van der Waals surface area contributed by atoms with Crippen LogP contribution in [0.3, 0.4) is 0 Å². The summed E-state index contributed by atoms with van der Waals surface area (Å²) in [5, 5.41) is 19.4. The number of rotatable bonds is 6. The molecule has 0 radical (unpaired) electrons. The van der Waals surface area contributed by atoms with Crippen LogP contribution in [0.2, 0.25) is 0 Å². The van der Waals surface area contributed by atoms with Crippen LogP contribution in [0, 0.1) is 17.0 Å². The van der Waals surface area contributed by atoms with Crippen LogP contribution < -0.4 is 10.9 Å². The molecule has 1 aromatic heterocycles. The van der Waals surface area contributed by atoms with Gasteiger partial charge in [0.2, 0.25) is 0 Å². The maximum atomic E-state index is 12.4. The lowest BCUT2D eigenvalue weighted by atomic mass is 10.1. The maximum Gasteiger partial charge on any atom is 0.307 e. The second kappa shape index (κ2) is 8.53. The van der Waals surface area contributed by atoms with Crippen LogP contribution in [-0.2, 0) is 0 Å². The van der Waals surface area contributed by atoms with Crippen molar-refractivity contribution in [1.82, 2.24) is 5.43 Å². The van der Waals surface area contributed by atoms with Crippen LogP contribution in [0.1, 0.15) is 23.0 Å². The molecule has 29 heavy (non-hydrogen) atoms. The van der Waals surface area contributed by atoms with E-state index in [0.717, 1.165) is 5.39 Å². The summed E-state index contributed by atoms with van der Waals surface area (Å²) in [4.78, 5) is 22.5. The number of anilines is 1. The Bertz CT molecular complexity index is 1140. The largest absolute Gasteiger partial charge is 0.451 e. The quantitative estimate of drug-likeness (QED) is 0.352. The molecule has 0 spiro atoms. The molecular formula is C19H16ClN5O4. The highest BCUT2D eigenvalue weighted by molar-refractivity contribution is 6.83. The number of aryl methyl sites for hydroxylation is 1. The van der Waals surface area contributed by atoms with Crippen molar-refractivity contribution < 1.29 is 14.1 Å². The number of hydrogen-bond donors (Lipinski definition) is 2. The Balaban J connectivity index is 1.66. The molecule has 10 heteroatoms. The van der Waals surface area contributed by atoms with E-state index in [0.29, 0.717) is 16.8 Å². The highest BCUT2D eigenvalue weighted by Gasteiger charge is 2.17. The lowest BCUT2D eigenvalue weighted by molar-refractivity contribution is -0.384. The summed E-state index contributed by atoms with van der Waals surface area (Å²) in [6.45, 7) is 3.36. The number of amides is 1. The topological polar surface area (TPSA) is 122 Å². The van der Waals surface area contributed by atoms with Gasteiger partial charge in [0.1, 0.15) is 5.58 Å². The van der Waals surface area contributed by atoms with Crippen molar-refractivity contribution in [2.24, 2.45) is 10.2 Å². The van der Waals surface area contributed by atoms with Crippen LogP contribution in [0.25, 0.3) is 11.0 Å². The van der Waals surface area contributed by atoms with Gasteiger partial charge in [-0.1, -0.05) is 29.8 Å². The molecule has 0 aliphatic rings. The first-order chi connectivity index (χ1) is 13.9. The van der Waals surface area contributed by atoms with E-state index in [4.69, 9.17) is 16.0 Å². The van der Waals surface area contributed by atoms with Crippen LogP contribution in [0.15, 0.2) is 63.2 Å². The van der Waals surface area contributed by atoms with Gasteiger partial charge in [0, 0.05) is 23.1 Å². The van der Waals surface area contributed by atoms with Crippen molar-refractivity contribution in [3.8, 4) is 0 Å². The van der Waals surface area contributed by atoms with Crippen molar-refractivity contribution in [1.29, 1.82) is 0 Å². The molecular weight excluding hydrogens is 398 g/mol. The fourth-order valence-corrected chi connectivity index (χ4v) is 2.56. The normalized spacial score (nSPS) is 12.1. The zero-order chi connectivity index (χ0) is 21.0. The third-order valence-electron chi connectivity index (χ3n) is 4.03. The monoisotopic (exact) mass is 413 g/mol. The molecule has 148 valence electrons. The molecule has 1 heterocycles. The van der Waals surface area contributed by atoms with Crippen molar-refractivity contribution in [3.05, 3.63) is 70.0 Å². The van der Waals surface area contributed by atoms with Crippen LogP contribution in [0.5, 0.6) is 0 Å². The van der Waals surface area contributed by atoms with E-state index in [9.17, 15) is 14.9 Å². The number of benzene rings is 2. The van der Waals surface area contributed by atoms with E-state index in [1.54, 1.807) is 19.9 Å². The third-order valence-corrected chi connectivity index (χ3v) is 4.39. The standard InChI is InChI=1S/C19H16ClN5O4/c1-11-15-5-3-4-6-16(15)29-17(11)19(26)24-21-12(2)18(20)23-22-13-7-9-14(10-8-13)25(27)28/h3-10,22H,1-2H3,(H,24,26)/b21-12+,23-18-. The van der Waals surface area contributed by atoms with Crippen molar-refractivity contribution >= 4 is 50.7 Å². The third kappa shape index (κ3) is 4.58. The molecule has 0 atom stereocenters. The SMILES string of the molecule is CC(=N\NC(=O)c1oc2ccccc2c1C)/C(Cl)=N/Nc1ccc([N+](=O)[O-])cc1. The summed E-state index contributed by atoms with van der Waals surface area (Å²) in [5.41, 5.74) is 7.09. The molecule has 2 aromatic carbocycles. The number of para-hydroxylation sites is 1. The first-order valence-corrected chi connectivity index (χ1v) is 8.81. The number of hydrazone groups is 2. The Labute approximate surface area is 170 Å². The summed E-state index contributed by atoms with van der Waals surface area (Å²) < 4.78 is 5.58. The average molecular weight is 414 g/mol. The fourth-order valence-electron chi connectivity index (χ4n) is 2.47. The number of nitro groups is 1. The minimum atomic E-state index is -0.508. The van der Waals surface area contributed by atoms with Gasteiger partial charge in [0.15, 0.2) is 10.9 Å². The molecule has 3 rings (SSSR count). The predicted octanol–water partition coefficient (Wildman–Crippen LogP) is 4.42. The highest BCUT2D eigenvalue weighted by Crippen LogP contribution is 2.24. The molecule has 3 aromatic rings. The Morgan fingerprint density at radius 1 is 1.14 bits per heavy atom. The molecule has 0 saturated heterocycles. The van der Waals surface area contributed by atoms with E-state index >= 15 is 0 Å². The molecule has 1 amide bonds. The fraction of sp³-hybridized carbons (Fsp3) is 0.105. The number of nitrogens with zero attached hydrogens (tertiary/aromatic N) is 3. The van der Waals surface area contributed by atoms with Crippen LogP contribution >= 0.6 is 11.6 Å². The number of furan rings is 1. The zero-order valence-corrected chi connectivity index (χ0v) is 16.2. The van der Waals surface area contributed by atoms with Crippen LogP contribution in [0.4, 0.5) is 11.4 Å². The van der Waals surface area contributed by atoms with Gasteiger partial charge in [0.25, 0.3) is 5.69 Å². The van der Waals surface area contributed by atoms with Gasteiger partial charge in [-0.05, 0) is 32.0 Å². The summed E-state index contributed by atoms with van der Waals surface area (Å²) in [6.07, 6.45) is 0. The van der Waals surface area contributed by atoms with E-state index in [-0.39, 0.29) is 22.3 Å². The number of nitrogens with one attached hydrogen (secondary N) is 2. The van der Waals surface area contributed by atoms with Crippen molar-refractivity contribution in [2.45, 2.75) is 13.8 Å². The Morgan fingerprint density at radius 2 is 1.83 bits per heavy atom. The lowest BCUT2D eigenvalue weighted by Gasteiger charge is -2.02. The number of carbonyl (C=O) groups is 1. The Morgan fingerprint density at radius 3 is 2.48 bits per heavy atom. The van der Waals surface area contributed by atoms with Gasteiger partial charge in [0.05, 0.1) is 16.3 Å². The molecule has 0 saturated carbocycles. The van der Waals surface area contributed by atoms with E-state index in [1.165, 1.54) is 24.3 Å². The molecule has 0 aliphatic carbocycles. The molecule has 2 N–H and O–H groups in total.